The molecule has 23 heavy (non-hydrogen) atoms. The van der Waals surface area contributed by atoms with E-state index in [2.05, 4.69) is 21.9 Å². The van der Waals surface area contributed by atoms with Gasteiger partial charge in [0.2, 0.25) is 0 Å². The average molecular weight is 323 g/mol. The summed E-state index contributed by atoms with van der Waals surface area (Å²) in [6.45, 7) is 0.366. The van der Waals surface area contributed by atoms with Crippen LogP contribution < -0.4 is 5.73 Å². The third-order valence-corrected chi connectivity index (χ3v) is 4.67. The number of imidazole rings is 1. The highest BCUT2D eigenvalue weighted by Crippen LogP contribution is 2.32. The van der Waals surface area contributed by atoms with Gasteiger partial charge in [-0.2, -0.15) is 0 Å². The van der Waals surface area contributed by atoms with Gasteiger partial charge >= 0.3 is 0 Å². The monoisotopic (exact) mass is 323 g/mol. The maximum absolute atomic E-state index is 13.2. The molecule has 2 aromatic carbocycles. The second-order valence-corrected chi connectivity index (χ2v) is 6.06. The van der Waals surface area contributed by atoms with Gasteiger partial charge in [-0.3, -0.25) is 4.40 Å². The molecular formula is C18H14FN3S. The van der Waals surface area contributed by atoms with E-state index in [1.165, 1.54) is 12.1 Å². The van der Waals surface area contributed by atoms with Gasteiger partial charge in [0.25, 0.3) is 0 Å². The highest BCUT2D eigenvalue weighted by atomic mass is 32.1. The van der Waals surface area contributed by atoms with Gasteiger partial charge in [0, 0.05) is 17.5 Å². The summed E-state index contributed by atoms with van der Waals surface area (Å²) in [6, 6.07) is 16.5. The van der Waals surface area contributed by atoms with Crippen LogP contribution in [0.15, 0.2) is 60.0 Å². The molecule has 5 heteroatoms. The lowest BCUT2D eigenvalue weighted by molar-refractivity contribution is 0.628. The number of hydrogen-bond acceptors (Lipinski definition) is 3. The number of fused-ring (bicyclic) bond motifs is 1. The van der Waals surface area contributed by atoms with E-state index in [0.29, 0.717) is 6.54 Å². The van der Waals surface area contributed by atoms with Crippen LogP contribution in [-0.4, -0.2) is 9.38 Å². The van der Waals surface area contributed by atoms with E-state index in [1.807, 2.05) is 18.2 Å². The van der Waals surface area contributed by atoms with Crippen molar-refractivity contribution >= 4 is 16.3 Å². The van der Waals surface area contributed by atoms with Gasteiger partial charge in [0.1, 0.15) is 5.82 Å². The topological polar surface area (TPSA) is 43.3 Å². The lowest BCUT2D eigenvalue weighted by atomic mass is 10.1. The van der Waals surface area contributed by atoms with Crippen molar-refractivity contribution in [2.75, 3.05) is 0 Å². The van der Waals surface area contributed by atoms with Gasteiger partial charge in [0.05, 0.1) is 17.1 Å². The second-order valence-electron chi connectivity index (χ2n) is 5.22. The van der Waals surface area contributed by atoms with Crippen molar-refractivity contribution in [3.8, 4) is 22.5 Å². The minimum Gasteiger partial charge on any atom is -0.325 e. The van der Waals surface area contributed by atoms with Crippen molar-refractivity contribution < 1.29 is 4.39 Å². The summed E-state index contributed by atoms with van der Waals surface area (Å²) in [6.07, 6.45) is 0. The number of hydrogen-bond donors (Lipinski definition) is 1. The normalized spacial score (nSPS) is 11.2. The van der Waals surface area contributed by atoms with Gasteiger partial charge in [-0.1, -0.05) is 30.3 Å². The number of nitrogens with two attached hydrogens (primary N) is 1. The van der Waals surface area contributed by atoms with Crippen LogP contribution in [0.25, 0.3) is 27.5 Å². The molecular weight excluding hydrogens is 309 g/mol. The predicted molar refractivity (Wildman–Crippen MR) is 91.8 cm³/mol. The third-order valence-electron chi connectivity index (χ3n) is 3.84. The zero-order valence-electron chi connectivity index (χ0n) is 12.2. The van der Waals surface area contributed by atoms with Gasteiger partial charge in [-0.25, -0.2) is 9.37 Å². The molecule has 0 unspecified atom stereocenters. The Hall–Kier alpha value is -2.50. The number of halogens is 1. The molecule has 2 heterocycles. The summed E-state index contributed by atoms with van der Waals surface area (Å²) in [7, 11) is 0. The molecule has 4 rings (SSSR count). The number of nitrogens with zero attached hydrogens (tertiary/aromatic N) is 2. The van der Waals surface area contributed by atoms with Crippen LogP contribution in [-0.2, 0) is 6.54 Å². The molecule has 2 N–H and O–H groups in total. The fourth-order valence-electron chi connectivity index (χ4n) is 2.75. The minimum absolute atomic E-state index is 0.256. The Morgan fingerprint density at radius 1 is 1.00 bits per heavy atom. The minimum atomic E-state index is -0.256. The standard InChI is InChI=1S/C18H14FN3S/c19-14-8-6-13(7-9-14)17-15(10-20)22-16(11-23-18(22)21-17)12-4-2-1-3-5-12/h1-9,11H,10,20H2. The fourth-order valence-corrected chi connectivity index (χ4v) is 3.67. The molecule has 0 bridgehead atoms. The van der Waals surface area contributed by atoms with E-state index in [4.69, 9.17) is 10.7 Å². The second kappa shape index (κ2) is 5.61. The first kappa shape index (κ1) is 14.1. The molecule has 0 spiro atoms. The lowest BCUT2D eigenvalue weighted by Crippen LogP contribution is -2.03. The van der Waals surface area contributed by atoms with Crippen LogP contribution in [0, 0.1) is 5.82 Å². The molecule has 0 aliphatic carbocycles. The number of thiazole rings is 1. The SMILES string of the molecule is NCc1c(-c2ccc(F)cc2)nc2scc(-c3ccccc3)n12. The first-order valence-electron chi connectivity index (χ1n) is 7.28. The number of rotatable bonds is 3. The van der Waals surface area contributed by atoms with Crippen LogP contribution in [0.2, 0.25) is 0 Å². The first-order valence-corrected chi connectivity index (χ1v) is 8.16. The van der Waals surface area contributed by atoms with E-state index in [-0.39, 0.29) is 5.82 Å². The first-order chi connectivity index (χ1) is 11.3. The van der Waals surface area contributed by atoms with Crippen LogP contribution >= 0.6 is 11.3 Å². The summed E-state index contributed by atoms with van der Waals surface area (Å²) in [4.78, 5) is 5.60. The highest BCUT2D eigenvalue weighted by Gasteiger charge is 2.17. The van der Waals surface area contributed by atoms with E-state index < -0.39 is 0 Å². The summed E-state index contributed by atoms with van der Waals surface area (Å²) < 4.78 is 15.3. The Balaban J connectivity index is 1.95. The third kappa shape index (κ3) is 2.34. The molecule has 0 atom stereocenters. The van der Waals surface area contributed by atoms with Gasteiger partial charge in [-0.15, -0.1) is 11.3 Å². The zero-order valence-corrected chi connectivity index (χ0v) is 13.1. The number of benzene rings is 2. The maximum atomic E-state index is 13.2. The van der Waals surface area contributed by atoms with E-state index in [0.717, 1.165) is 33.2 Å². The van der Waals surface area contributed by atoms with Gasteiger partial charge < -0.3 is 5.73 Å². The van der Waals surface area contributed by atoms with Gasteiger partial charge in [-0.05, 0) is 29.8 Å². The molecule has 2 aromatic heterocycles. The van der Waals surface area contributed by atoms with Crippen LogP contribution in [0.4, 0.5) is 4.39 Å². The van der Waals surface area contributed by atoms with Crippen molar-refractivity contribution in [1.82, 2.24) is 9.38 Å². The molecule has 0 aliphatic rings. The van der Waals surface area contributed by atoms with Crippen molar-refractivity contribution in [2.45, 2.75) is 6.54 Å². The van der Waals surface area contributed by atoms with E-state index >= 15 is 0 Å². The fraction of sp³-hybridized carbons (Fsp3) is 0.0556. The molecule has 3 nitrogen and oxygen atoms in total. The largest absolute Gasteiger partial charge is 0.325 e. The molecule has 0 radical (unpaired) electrons. The lowest BCUT2D eigenvalue weighted by Gasteiger charge is -2.05. The summed E-state index contributed by atoms with van der Waals surface area (Å²) in [5.41, 5.74) is 10.8. The molecule has 0 amide bonds. The smallest absolute Gasteiger partial charge is 0.195 e. The summed E-state index contributed by atoms with van der Waals surface area (Å²) in [5, 5.41) is 2.09. The van der Waals surface area contributed by atoms with E-state index in [9.17, 15) is 4.39 Å². The molecule has 114 valence electrons. The molecule has 0 fully saturated rings. The Kier molecular flexibility index (Phi) is 3.44. The van der Waals surface area contributed by atoms with Crippen molar-refractivity contribution in [2.24, 2.45) is 5.73 Å². The number of aromatic nitrogens is 2. The zero-order chi connectivity index (χ0) is 15.8. The van der Waals surface area contributed by atoms with Crippen molar-refractivity contribution in [3.05, 3.63) is 71.5 Å². The summed E-state index contributed by atoms with van der Waals surface area (Å²) in [5.74, 6) is -0.256. The Bertz CT molecular complexity index is 955. The van der Waals surface area contributed by atoms with Crippen LogP contribution in [0.1, 0.15) is 5.69 Å². The van der Waals surface area contributed by atoms with Crippen molar-refractivity contribution in [3.63, 3.8) is 0 Å². The predicted octanol–water partition coefficient (Wildman–Crippen LogP) is 4.33. The molecule has 4 aromatic rings. The molecule has 0 aliphatic heterocycles. The quantitative estimate of drug-likeness (QED) is 0.610. The maximum Gasteiger partial charge on any atom is 0.195 e. The van der Waals surface area contributed by atoms with Gasteiger partial charge in [0.15, 0.2) is 4.96 Å². The van der Waals surface area contributed by atoms with Crippen LogP contribution in [0.3, 0.4) is 0 Å². The average Bonchev–Trinajstić information content (AvgIpc) is 3.15. The van der Waals surface area contributed by atoms with E-state index in [1.54, 1.807) is 23.5 Å². The Labute approximate surface area is 136 Å². The molecule has 0 saturated carbocycles. The summed E-state index contributed by atoms with van der Waals surface area (Å²) >= 11 is 1.58. The Morgan fingerprint density at radius 3 is 2.43 bits per heavy atom. The highest BCUT2D eigenvalue weighted by molar-refractivity contribution is 7.15. The molecule has 0 saturated heterocycles. The van der Waals surface area contributed by atoms with Crippen LogP contribution in [0.5, 0.6) is 0 Å². The Morgan fingerprint density at radius 2 is 1.74 bits per heavy atom. The van der Waals surface area contributed by atoms with Crippen molar-refractivity contribution in [1.29, 1.82) is 0 Å².